The van der Waals surface area contributed by atoms with Crippen LogP contribution < -0.4 is 15.4 Å². The summed E-state index contributed by atoms with van der Waals surface area (Å²) in [6.45, 7) is 4.38. The van der Waals surface area contributed by atoms with Crippen molar-refractivity contribution in [3.8, 4) is 5.75 Å². The number of nitrogens with one attached hydrogen (secondary N) is 2. The number of pyridine rings is 1. The lowest BCUT2D eigenvalue weighted by Crippen LogP contribution is -2.48. The van der Waals surface area contributed by atoms with Crippen LogP contribution in [0.1, 0.15) is 34.7 Å². The van der Waals surface area contributed by atoms with E-state index >= 15 is 0 Å². The minimum Gasteiger partial charge on any atom is -0.491 e. The van der Waals surface area contributed by atoms with E-state index in [0.29, 0.717) is 6.54 Å². The van der Waals surface area contributed by atoms with E-state index in [1.807, 2.05) is 13.8 Å². The minimum absolute atomic E-state index is 0.0249. The van der Waals surface area contributed by atoms with Crippen LogP contribution >= 0.6 is 0 Å². The highest BCUT2D eigenvalue weighted by atomic mass is 19.1. The van der Waals surface area contributed by atoms with Gasteiger partial charge in [0.1, 0.15) is 29.7 Å². The van der Waals surface area contributed by atoms with E-state index < -0.39 is 23.7 Å². The molecule has 0 saturated carbocycles. The molecule has 2 aromatic carbocycles. The van der Waals surface area contributed by atoms with Gasteiger partial charge in [0, 0.05) is 57.2 Å². The summed E-state index contributed by atoms with van der Waals surface area (Å²) in [4.78, 5) is 46.9. The molecular weight excluding hydrogens is 548 g/mol. The molecule has 42 heavy (non-hydrogen) atoms. The summed E-state index contributed by atoms with van der Waals surface area (Å²) in [6.07, 6.45) is 1.18. The zero-order chi connectivity index (χ0) is 30.4. The maximum atomic E-state index is 14.0. The van der Waals surface area contributed by atoms with E-state index in [1.165, 1.54) is 23.1 Å². The lowest BCUT2D eigenvalue weighted by Gasteiger charge is -2.36. The number of carbonyl (C=O) groups is 3. The van der Waals surface area contributed by atoms with Gasteiger partial charge in [-0.15, -0.1) is 0 Å². The van der Waals surface area contributed by atoms with Crippen molar-refractivity contribution in [2.45, 2.75) is 26.0 Å². The molecular formula is C30H33F2N5O5. The highest BCUT2D eigenvalue weighted by Crippen LogP contribution is 2.27. The number of amides is 4. The number of anilines is 2. The number of benzene rings is 2. The van der Waals surface area contributed by atoms with Crippen molar-refractivity contribution in [2.24, 2.45) is 5.92 Å². The number of hydrogen-bond donors (Lipinski definition) is 2. The molecule has 2 heterocycles. The number of hydrogen-bond acceptors (Lipinski definition) is 6. The van der Waals surface area contributed by atoms with Crippen LogP contribution in [-0.2, 0) is 4.74 Å². The Morgan fingerprint density at radius 1 is 1.05 bits per heavy atom. The molecule has 0 saturated heterocycles. The summed E-state index contributed by atoms with van der Waals surface area (Å²) in [5.41, 5.74) is 0.429. The first-order valence-corrected chi connectivity index (χ1v) is 13.4. The molecule has 3 aromatic rings. The summed E-state index contributed by atoms with van der Waals surface area (Å²) in [7, 11) is 3.21. The van der Waals surface area contributed by atoms with Crippen LogP contribution in [0, 0.1) is 17.6 Å². The summed E-state index contributed by atoms with van der Waals surface area (Å²) in [5.74, 6) is -2.08. The number of ether oxygens (including phenoxy) is 2. The highest BCUT2D eigenvalue weighted by Gasteiger charge is 2.31. The Hall–Kier alpha value is -4.58. The molecule has 0 unspecified atom stereocenters. The number of urea groups is 1. The van der Waals surface area contributed by atoms with Crippen LogP contribution in [0.3, 0.4) is 0 Å². The second-order valence-corrected chi connectivity index (χ2v) is 10.2. The number of aromatic nitrogens is 1. The molecule has 1 aliphatic heterocycles. The molecule has 4 rings (SSSR count). The third kappa shape index (κ3) is 7.19. The Morgan fingerprint density at radius 3 is 2.55 bits per heavy atom. The van der Waals surface area contributed by atoms with Crippen LogP contribution in [0.4, 0.5) is 25.0 Å². The fourth-order valence-corrected chi connectivity index (χ4v) is 4.65. The zero-order valence-electron chi connectivity index (χ0n) is 23.8. The first kappa shape index (κ1) is 30.4. The van der Waals surface area contributed by atoms with E-state index in [9.17, 15) is 23.2 Å². The van der Waals surface area contributed by atoms with Crippen molar-refractivity contribution in [2.75, 3.05) is 44.5 Å². The molecule has 10 nitrogen and oxygen atoms in total. The molecule has 0 fully saturated rings. The molecule has 3 atom stereocenters. The first-order valence-electron chi connectivity index (χ1n) is 13.4. The van der Waals surface area contributed by atoms with Gasteiger partial charge in [-0.25, -0.2) is 13.6 Å². The highest BCUT2D eigenvalue weighted by molar-refractivity contribution is 6.01. The lowest BCUT2D eigenvalue weighted by molar-refractivity contribution is 0.0109. The van der Waals surface area contributed by atoms with Gasteiger partial charge in [-0.2, -0.15) is 0 Å². The Kier molecular flexibility index (Phi) is 9.68. The quantitative estimate of drug-likeness (QED) is 0.464. The number of halogens is 2. The van der Waals surface area contributed by atoms with Gasteiger partial charge in [0.25, 0.3) is 11.8 Å². The minimum atomic E-state index is -0.825. The molecule has 1 aromatic heterocycles. The SMILES string of the molecule is CO[C@H]1CN(C)C(=O)c2ccc(NC(=O)Nc3cc(F)ccc3F)cc2OC[C@@H](C)N(C(=O)c2ccccn2)C[C@H]1C. The molecule has 2 N–H and O–H groups in total. The van der Waals surface area contributed by atoms with Crippen molar-refractivity contribution in [1.29, 1.82) is 0 Å². The molecule has 0 bridgehead atoms. The van der Waals surface area contributed by atoms with Crippen LogP contribution in [0.5, 0.6) is 5.75 Å². The third-order valence-electron chi connectivity index (χ3n) is 7.03. The number of fused-ring (bicyclic) bond motifs is 1. The number of likely N-dealkylation sites (N-methyl/N-ethyl adjacent to an activating group) is 1. The summed E-state index contributed by atoms with van der Waals surface area (Å²) in [5, 5.41) is 4.81. The van der Waals surface area contributed by atoms with E-state index in [0.717, 1.165) is 18.2 Å². The molecule has 12 heteroatoms. The van der Waals surface area contributed by atoms with Crippen LogP contribution in [-0.4, -0.2) is 78.6 Å². The summed E-state index contributed by atoms with van der Waals surface area (Å²) >= 11 is 0. The lowest BCUT2D eigenvalue weighted by atomic mass is 10.0. The van der Waals surface area contributed by atoms with Crippen molar-refractivity contribution >= 4 is 29.2 Å². The zero-order valence-corrected chi connectivity index (χ0v) is 23.8. The Balaban J connectivity index is 1.62. The fourth-order valence-electron chi connectivity index (χ4n) is 4.65. The smallest absolute Gasteiger partial charge is 0.323 e. The largest absolute Gasteiger partial charge is 0.491 e. The predicted octanol–water partition coefficient (Wildman–Crippen LogP) is 4.65. The maximum Gasteiger partial charge on any atom is 0.323 e. The van der Waals surface area contributed by atoms with Gasteiger partial charge in [-0.1, -0.05) is 13.0 Å². The van der Waals surface area contributed by atoms with E-state index in [4.69, 9.17) is 9.47 Å². The first-order chi connectivity index (χ1) is 20.1. The number of methoxy groups -OCH3 is 1. The van der Waals surface area contributed by atoms with E-state index in [-0.39, 0.29) is 65.4 Å². The second kappa shape index (κ2) is 13.4. The maximum absolute atomic E-state index is 14.0. The standard InChI is InChI=1S/C30H33F2N5O5/c1-18-15-37(29(39)24-7-5-6-12-33-24)19(2)17-42-26-14-21(9-10-22(26)28(38)36(3)16-27(18)41-4)34-30(40)35-25-13-20(31)8-11-23(25)32/h5-14,18-19,27H,15-17H2,1-4H3,(H2,34,35,40)/t18-,19-,27+/m1/s1. The van der Waals surface area contributed by atoms with E-state index in [1.54, 1.807) is 43.5 Å². The van der Waals surface area contributed by atoms with Gasteiger partial charge in [0.2, 0.25) is 0 Å². The molecule has 0 aliphatic carbocycles. The van der Waals surface area contributed by atoms with Crippen LogP contribution in [0.2, 0.25) is 0 Å². The van der Waals surface area contributed by atoms with Gasteiger partial charge in [0.15, 0.2) is 0 Å². The second-order valence-electron chi connectivity index (χ2n) is 10.2. The van der Waals surface area contributed by atoms with Gasteiger partial charge < -0.3 is 29.9 Å². The Labute approximate surface area is 242 Å². The average Bonchev–Trinajstić information content (AvgIpc) is 2.98. The molecule has 1 aliphatic rings. The third-order valence-corrected chi connectivity index (χ3v) is 7.03. The molecule has 222 valence electrons. The van der Waals surface area contributed by atoms with Gasteiger partial charge in [-0.05, 0) is 43.3 Å². The van der Waals surface area contributed by atoms with Crippen LogP contribution in [0.15, 0.2) is 60.8 Å². The summed E-state index contributed by atoms with van der Waals surface area (Å²) in [6, 6.07) is 11.0. The topological polar surface area (TPSA) is 113 Å². The Morgan fingerprint density at radius 2 is 1.83 bits per heavy atom. The van der Waals surface area contributed by atoms with Gasteiger partial charge in [-0.3, -0.25) is 14.6 Å². The van der Waals surface area contributed by atoms with Crippen molar-refractivity contribution in [1.82, 2.24) is 14.8 Å². The number of nitrogens with zero attached hydrogens (tertiary/aromatic N) is 3. The van der Waals surface area contributed by atoms with Gasteiger partial charge >= 0.3 is 6.03 Å². The van der Waals surface area contributed by atoms with Crippen LogP contribution in [0.25, 0.3) is 0 Å². The summed E-state index contributed by atoms with van der Waals surface area (Å²) < 4.78 is 39.3. The van der Waals surface area contributed by atoms with Crippen molar-refractivity contribution in [3.63, 3.8) is 0 Å². The van der Waals surface area contributed by atoms with E-state index in [2.05, 4.69) is 15.6 Å². The Bertz CT molecular complexity index is 1440. The number of carbonyl (C=O) groups excluding carboxylic acids is 3. The molecule has 4 amide bonds. The van der Waals surface area contributed by atoms with Crippen molar-refractivity contribution < 1.29 is 32.6 Å². The van der Waals surface area contributed by atoms with Crippen molar-refractivity contribution in [3.05, 3.63) is 83.7 Å². The predicted molar refractivity (Wildman–Crippen MR) is 153 cm³/mol. The normalized spacial score (nSPS) is 19.6. The average molecular weight is 582 g/mol. The molecule has 0 spiro atoms. The number of rotatable bonds is 4. The monoisotopic (exact) mass is 581 g/mol. The van der Waals surface area contributed by atoms with Gasteiger partial charge in [0.05, 0.1) is 23.4 Å². The molecule has 0 radical (unpaired) electrons. The fraction of sp³-hybridized carbons (Fsp3) is 0.333.